The Balaban J connectivity index is 1.88. The zero-order valence-corrected chi connectivity index (χ0v) is 28.5. The molecule has 0 aliphatic carbocycles. The largest absolute Gasteiger partial charge is 0.316 e. The minimum Gasteiger partial charge on any atom is -0.316 e. The monoisotopic (exact) mass is 587 g/mol. The van der Waals surface area contributed by atoms with Gasteiger partial charge in [0.2, 0.25) is 0 Å². The molecule has 1 nitrogen and oxygen atoms in total. The van der Waals surface area contributed by atoms with E-state index in [0.29, 0.717) is 0 Å². The Morgan fingerprint density at radius 3 is 1.09 bits per heavy atom. The van der Waals surface area contributed by atoms with Gasteiger partial charge >= 0.3 is 0 Å². The van der Waals surface area contributed by atoms with Crippen LogP contribution < -0.4 is 0 Å². The zero-order valence-electron chi connectivity index (χ0n) is 28.5. The highest BCUT2D eigenvalue weighted by Gasteiger charge is 2.27. The summed E-state index contributed by atoms with van der Waals surface area (Å²) in [5.41, 5.74) is 2.92. The van der Waals surface area contributed by atoms with Gasteiger partial charge in [0, 0.05) is 24.0 Å². The van der Waals surface area contributed by atoms with Crippen molar-refractivity contribution in [3.8, 4) is 0 Å². The van der Waals surface area contributed by atoms with E-state index in [4.69, 9.17) is 0 Å². The molecule has 0 unspecified atom stereocenters. The molecule has 0 amide bonds. The molecule has 0 N–H and O–H groups in total. The average molecular weight is 587 g/mol. The van der Waals surface area contributed by atoms with Crippen LogP contribution in [0, 0.1) is 0 Å². The zero-order chi connectivity index (χ0) is 30.5. The summed E-state index contributed by atoms with van der Waals surface area (Å²) in [7, 11) is 0. The Labute approximate surface area is 268 Å². The number of hydrogen-bond donors (Lipinski definition) is 0. The van der Waals surface area contributed by atoms with E-state index in [1.54, 1.807) is 0 Å². The maximum Gasteiger partial charge on any atom is 0.105 e. The molecule has 0 radical (unpaired) electrons. The molecule has 0 atom stereocenters. The fourth-order valence-corrected chi connectivity index (χ4v) is 6.39. The molecule has 0 fully saturated rings. The molecule has 0 saturated carbocycles. The highest BCUT2D eigenvalue weighted by atomic mass is 15.3. The second-order valence-corrected chi connectivity index (χ2v) is 13.1. The lowest BCUT2D eigenvalue weighted by atomic mass is 10.1. The summed E-state index contributed by atoms with van der Waals surface area (Å²) < 4.78 is 1.12. The maximum atomic E-state index is 2.49. The molecule has 0 aliphatic rings. The predicted molar refractivity (Wildman–Crippen MR) is 192 cm³/mol. The van der Waals surface area contributed by atoms with Gasteiger partial charge in [-0.2, -0.15) is 0 Å². The molecule has 43 heavy (non-hydrogen) atoms. The fourth-order valence-electron chi connectivity index (χ4n) is 6.39. The Bertz CT molecular complexity index is 835. The van der Waals surface area contributed by atoms with Crippen LogP contribution in [0.1, 0.15) is 153 Å². The van der Waals surface area contributed by atoms with Crippen LogP contribution in [0.4, 0.5) is 0 Å². The van der Waals surface area contributed by atoms with Gasteiger partial charge in [0.05, 0.1) is 13.1 Å². The van der Waals surface area contributed by atoms with Gasteiger partial charge in [-0.3, -0.25) is 0 Å². The van der Waals surface area contributed by atoms with Gasteiger partial charge < -0.3 is 4.48 Å². The van der Waals surface area contributed by atoms with E-state index in [1.165, 1.54) is 153 Å². The standard InChI is InChI=1S/C42H68N/c1-3-5-7-9-11-13-15-17-19-21-23-31-37-43(39-41-33-27-25-28-34-41,40-42-35-29-26-30-36-42)38-32-24-22-20-18-16-14-12-10-8-6-4-2/h21-30,33-36H,3-20,31-32,37-40H2,1-2H3/q+1/b23-21+,24-22+. The third-order valence-electron chi connectivity index (χ3n) is 9.04. The van der Waals surface area contributed by atoms with E-state index in [1.807, 2.05) is 0 Å². The van der Waals surface area contributed by atoms with Gasteiger partial charge in [-0.15, -0.1) is 0 Å². The molecule has 0 spiro atoms. The van der Waals surface area contributed by atoms with Crippen molar-refractivity contribution in [2.45, 2.75) is 155 Å². The minimum absolute atomic E-state index is 1.10. The van der Waals surface area contributed by atoms with E-state index in [2.05, 4.69) is 98.8 Å². The molecule has 2 rings (SSSR count). The first-order chi connectivity index (χ1) is 21.3. The fraction of sp³-hybridized carbons (Fsp3) is 0.619. The van der Waals surface area contributed by atoms with Gasteiger partial charge in [0.1, 0.15) is 13.1 Å². The number of quaternary nitrogens is 1. The summed E-state index contributed by atoms with van der Waals surface area (Å²) in [5.74, 6) is 0. The molecule has 0 aromatic heterocycles. The van der Waals surface area contributed by atoms with Gasteiger partial charge in [-0.25, -0.2) is 0 Å². The van der Waals surface area contributed by atoms with Crippen molar-refractivity contribution in [2.75, 3.05) is 13.1 Å². The van der Waals surface area contributed by atoms with Crippen LogP contribution in [0.3, 0.4) is 0 Å². The van der Waals surface area contributed by atoms with E-state index in [-0.39, 0.29) is 0 Å². The number of benzene rings is 2. The van der Waals surface area contributed by atoms with E-state index in [9.17, 15) is 0 Å². The molecule has 2 aromatic carbocycles. The highest BCUT2D eigenvalue weighted by Crippen LogP contribution is 2.23. The second-order valence-electron chi connectivity index (χ2n) is 13.1. The maximum absolute atomic E-state index is 2.49. The number of unbranched alkanes of at least 4 members (excludes halogenated alkanes) is 16. The first-order valence-electron chi connectivity index (χ1n) is 18.5. The molecule has 2 aromatic rings. The average Bonchev–Trinajstić information content (AvgIpc) is 3.03. The van der Waals surface area contributed by atoms with Crippen molar-refractivity contribution >= 4 is 0 Å². The van der Waals surface area contributed by atoms with E-state index >= 15 is 0 Å². The number of allylic oxidation sites excluding steroid dienone is 2. The van der Waals surface area contributed by atoms with Crippen LogP contribution in [0.15, 0.2) is 85.0 Å². The summed E-state index contributed by atoms with van der Waals surface area (Å²) in [6.45, 7) is 9.21. The van der Waals surface area contributed by atoms with Crippen molar-refractivity contribution in [3.05, 3.63) is 96.1 Å². The second kappa shape index (κ2) is 26.3. The summed E-state index contributed by atoms with van der Waals surface area (Å²) in [4.78, 5) is 0. The quantitative estimate of drug-likeness (QED) is 0.0528. The predicted octanol–water partition coefficient (Wildman–Crippen LogP) is 13.2. The van der Waals surface area contributed by atoms with Crippen LogP contribution in [-0.4, -0.2) is 17.6 Å². The lowest BCUT2D eigenvalue weighted by molar-refractivity contribution is -0.953. The molecule has 0 saturated heterocycles. The summed E-state index contributed by atoms with van der Waals surface area (Å²) in [5, 5.41) is 0. The summed E-state index contributed by atoms with van der Waals surface area (Å²) >= 11 is 0. The van der Waals surface area contributed by atoms with Gasteiger partial charge in [-0.05, 0) is 25.7 Å². The van der Waals surface area contributed by atoms with E-state index < -0.39 is 0 Å². The Kier molecular flexibility index (Phi) is 22.7. The Hall–Kier alpha value is -2.12. The van der Waals surface area contributed by atoms with Crippen LogP contribution >= 0.6 is 0 Å². The van der Waals surface area contributed by atoms with Crippen molar-refractivity contribution in [2.24, 2.45) is 0 Å². The van der Waals surface area contributed by atoms with Crippen molar-refractivity contribution in [3.63, 3.8) is 0 Å². The third-order valence-corrected chi connectivity index (χ3v) is 9.04. The smallest absolute Gasteiger partial charge is 0.105 e. The first kappa shape index (κ1) is 37.1. The molecule has 0 aliphatic heterocycles. The van der Waals surface area contributed by atoms with E-state index in [0.717, 1.165) is 17.6 Å². The highest BCUT2D eigenvalue weighted by molar-refractivity contribution is 5.15. The molecular weight excluding hydrogens is 518 g/mol. The normalized spacial score (nSPS) is 12.1. The van der Waals surface area contributed by atoms with Crippen LogP contribution in [0.25, 0.3) is 0 Å². The van der Waals surface area contributed by atoms with Crippen LogP contribution in [-0.2, 0) is 13.1 Å². The third kappa shape index (κ3) is 19.7. The number of nitrogens with zero attached hydrogens (tertiary/aromatic N) is 1. The number of rotatable bonds is 28. The number of hydrogen-bond acceptors (Lipinski definition) is 0. The summed E-state index contributed by atoms with van der Waals surface area (Å²) in [6.07, 6.45) is 37.1. The van der Waals surface area contributed by atoms with Gasteiger partial charge in [0.25, 0.3) is 0 Å². The molecular formula is C42H68N+. The van der Waals surface area contributed by atoms with Crippen molar-refractivity contribution in [1.29, 1.82) is 0 Å². The summed E-state index contributed by atoms with van der Waals surface area (Å²) in [6, 6.07) is 22.4. The molecule has 240 valence electrons. The molecule has 0 bridgehead atoms. The SMILES string of the molecule is CCCCCCCCCC/C=C/CC[N+](CC/C=C/CCCCCCCCCC)(Cc1ccccc1)Cc1ccccc1. The van der Waals surface area contributed by atoms with Crippen LogP contribution in [0.2, 0.25) is 0 Å². The van der Waals surface area contributed by atoms with Crippen molar-refractivity contribution in [1.82, 2.24) is 0 Å². The molecule has 0 heterocycles. The van der Waals surface area contributed by atoms with Crippen LogP contribution in [0.5, 0.6) is 0 Å². The Morgan fingerprint density at radius 2 is 0.721 bits per heavy atom. The topological polar surface area (TPSA) is 0 Å². The van der Waals surface area contributed by atoms with Gasteiger partial charge in [-0.1, -0.05) is 189 Å². The van der Waals surface area contributed by atoms with Gasteiger partial charge in [0.15, 0.2) is 0 Å². The Morgan fingerprint density at radius 1 is 0.395 bits per heavy atom. The first-order valence-corrected chi connectivity index (χ1v) is 18.5. The van der Waals surface area contributed by atoms with Crippen molar-refractivity contribution < 1.29 is 4.48 Å². The lowest BCUT2D eigenvalue weighted by Gasteiger charge is -2.39. The lowest BCUT2D eigenvalue weighted by Crippen LogP contribution is -2.47. The minimum atomic E-state index is 1.10. The molecule has 1 heteroatoms.